The Morgan fingerprint density at radius 2 is 1.76 bits per heavy atom. The highest BCUT2D eigenvalue weighted by molar-refractivity contribution is 7.89. The summed E-state index contributed by atoms with van der Waals surface area (Å²) < 4.78 is 27.2. The number of nitrogens with zero attached hydrogens (tertiary/aromatic N) is 1. The zero-order valence-corrected chi connectivity index (χ0v) is 16.4. The van der Waals surface area contributed by atoms with Crippen LogP contribution in [0.2, 0.25) is 0 Å². The molecule has 0 unspecified atom stereocenters. The third kappa shape index (κ3) is 3.05. The zero-order chi connectivity index (χ0) is 20.2. The van der Waals surface area contributed by atoms with Crippen LogP contribution in [-0.2, 0) is 10.0 Å². The Bertz CT molecular complexity index is 1400. The largest absolute Gasteiger partial charge is 0.354 e. The zero-order valence-electron chi connectivity index (χ0n) is 15.6. The van der Waals surface area contributed by atoms with E-state index in [9.17, 15) is 13.2 Å². The Morgan fingerprint density at radius 1 is 0.966 bits per heavy atom. The minimum atomic E-state index is -3.58. The van der Waals surface area contributed by atoms with Crippen LogP contribution in [0.1, 0.15) is 6.42 Å². The molecular formula is C21H20N4O3S. The SMILES string of the molecule is N[C@@H]1CCN(S(=O)(=O)c2ccc3[nH]c(-c4cc5ccccc5[nH]c4=O)cc3c2)C1. The number of nitrogens with one attached hydrogen (secondary N) is 2. The van der Waals surface area contributed by atoms with E-state index < -0.39 is 10.0 Å². The molecule has 148 valence electrons. The minimum Gasteiger partial charge on any atom is -0.354 e. The summed E-state index contributed by atoms with van der Waals surface area (Å²) in [6.45, 7) is 0.775. The Balaban J connectivity index is 1.58. The highest BCUT2D eigenvalue weighted by atomic mass is 32.2. The van der Waals surface area contributed by atoms with Crippen LogP contribution >= 0.6 is 0 Å². The molecule has 0 radical (unpaired) electrons. The van der Waals surface area contributed by atoms with Crippen LogP contribution in [0.4, 0.5) is 0 Å². The molecule has 1 atom stereocenters. The number of sulfonamides is 1. The van der Waals surface area contributed by atoms with Crippen molar-refractivity contribution in [2.24, 2.45) is 5.73 Å². The standard InChI is InChI=1S/C21H20N4O3S/c22-15-7-8-25(12-15)29(27,28)16-5-6-19-14(9-16)11-20(23-19)17-10-13-3-1-2-4-18(13)24-21(17)26/h1-6,9-11,15,23H,7-8,12,22H2,(H,24,26)/t15-/m1/s1. The number of hydrogen-bond donors (Lipinski definition) is 3. The van der Waals surface area contributed by atoms with Gasteiger partial charge in [0.05, 0.1) is 16.2 Å². The minimum absolute atomic E-state index is 0.119. The van der Waals surface area contributed by atoms with Crippen LogP contribution < -0.4 is 11.3 Å². The first kappa shape index (κ1) is 18.1. The van der Waals surface area contributed by atoms with E-state index in [1.807, 2.05) is 36.4 Å². The van der Waals surface area contributed by atoms with Gasteiger partial charge >= 0.3 is 0 Å². The van der Waals surface area contributed by atoms with E-state index in [0.29, 0.717) is 30.8 Å². The Morgan fingerprint density at radius 3 is 2.55 bits per heavy atom. The van der Waals surface area contributed by atoms with E-state index >= 15 is 0 Å². The molecule has 0 spiro atoms. The molecule has 29 heavy (non-hydrogen) atoms. The second-order valence-electron chi connectivity index (χ2n) is 7.44. The van der Waals surface area contributed by atoms with Crippen LogP contribution in [0, 0.1) is 0 Å². The van der Waals surface area contributed by atoms with Crippen LogP contribution in [0.25, 0.3) is 33.1 Å². The summed E-state index contributed by atoms with van der Waals surface area (Å²) in [6.07, 6.45) is 0.667. The highest BCUT2D eigenvalue weighted by Gasteiger charge is 2.31. The Kier molecular flexibility index (Phi) is 4.09. The summed E-state index contributed by atoms with van der Waals surface area (Å²) in [7, 11) is -3.58. The third-order valence-corrected chi connectivity index (χ3v) is 7.32. The lowest BCUT2D eigenvalue weighted by Crippen LogP contribution is -2.31. The van der Waals surface area contributed by atoms with Gasteiger partial charge in [-0.25, -0.2) is 8.42 Å². The van der Waals surface area contributed by atoms with Gasteiger partial charge in [-0.15, -0.1) is 0 Å². The quantitative estimate of drug-likeness (QED) is 0.483. The van der Waals surface area contributed by atoms with Crippen molar-refractivity contribution in [3.8, 4) is 11.3 Å². The predicted octanol–water partition coefficient (Wildman–Crippen LogP) is 2.40. The van der Waals surface area contributed by atoms with Crippen LogP contribution in [0.15, 0.2) is 64.3 Å². The van der Waals surface area contributed by atoms with E-state index in [1.54, 1.807) is 18.2 Å². The highest BCUT2D eigenvalue weighted by Crippen LogP contribution is 2.28. The fourth-order valence-electron chi connectivity index (χ4n) is 3.89. The smallest absolute Gasteiger partial charge is 0.257 e. The maximum atomic E-state index is 12.9. The van der Waals surface area contributed by atoms with Gasteiger partial charge < -0.3 is 15.7 Å². The lowest BCUT2D eigenvalue weighted by molar-refractivity contribution is 0.472. The summed E-state index contributed by atoms with van der Waals surface area (Å²) in [5.74, 6) is 0. The van der Waals surface area contributed by atoms with Gasteiger partial charge in [-0.05, 0) is 48.2 Å². The maximum Gasteiger partial charge on any atom is 0.257 e. The van der Waals surface area contributed by atoms with E-state index in [2.05, 4.69) is 9.97 Å². The lowest BCUT2D eigenvalue weighted by atomic mass is 10.1. The first-order valence-corrected chi connectivity index (χ1v) is 10.9. The van der Waals surface area contributed by atoms with Crippen molar-refractivity contribution in [3.63, 3.8) is 0 Å². The number of rotatable bonds is 3. The molecule has 4 aromatic rings. The maximum absolute atomic E-state index is 12.9. The number of para-hydroxylation sites is 1. The first-order chi connectivity index (χ1) is 13.9. The van der Waals surface area contributed by atoms with Gasteiger partial charge in [0.2, 0.25) is 10.0 Å². The third-order valence-electron chi connectivity index (χ3n) is 5.46. The summed E-state index contributed by atoms with van der Waals surface area (Å²) in [4.78, 5) is 18.9. The van der Waals surface area contributed by atoms with Gasteiger partial charge in [0, 0.05) is 35.6 Å². The number of H-pyrrole nitrogens is 2. The molecule has 1 saturated heterocycles. The molecule has 7 nitrogen and oxygen atoms in total. The fraction of sp³-hybridized carbons (Fsp3) is 0.190. The molecule has 2 aromatic heterocycles. The molecule has 5 rings (SSSR count). The van der Waals surface area contributed by atoms with E-state index in [4.69, 9.17) is 5.73 Å². The number of benzene rings is 2. The molecule has 8 heteroatoms. The normalized spacial score (nSPS) is 18.0. The Hall–Kier alpha value is -2.94. The second kappa shape index (κ2) is 6.55. The van der Waals surface area contributed by atoms with Crippen molar-refractivity contribution < 1.29 is 8.42 Å². The summed E-state index contributed by atoms with van der Waals surface area (Å²) in [5.41, 5.74) is 8.36. The first-order valence-electron chi connectivity index (χ1n) is 9.43. The molecule has 1 fully saturated rings. The summed E-state index contributed by atoms with van der Waals surface area (Å²) in [6, 6.07) is 16.1. The molecule has 0 aliphatic carbocycles. The number of aromatic nitrogens is 2. The van der Waals surface area contributed by atoms with Gasteiger partial charge in [-0.1, -0.05) is 18.2 Å². The topological polar surface area (TPSA) is 112 Å². The Labute approximate surface area is 167 Å². The van der Waals surface area contributed by atoms with Gasteiger partial charge in [0.15, 0.2) is 0 Å². The number of hydrogen-bond acceptors (Lipinski definition) is 4. The van der Waals surface area contributed by atoms with Crippen molar-refractivity contribution in [1.82, 2.24) is 14.3 Å². The molecule has 1 aliphatic heterocycles. The number of fused-ring (bicyclic) bond motifs is 2. The summed E-state index contributed by atoms with van der Waals surface area (Å²) in [5, 5.41) is 1.66. The van der Waals surface area contributed by atoms with Crippen LogP contribution in [0.5, 0.6) is 0 Å². The van der Waals surface area contributed by atoms with E-state index in [0.717, 1.165) is 21.8 Å². The van der Waals surface area contributed by atoms with Gasteiger partial charge in [-0.3, -0.25) is 4.79 Å². The second-order valence-corrected chi connectivity index (χ2v) is 9.38. The predicted molar refractivity (Wildman–Crippen MR) is 113 cm³/mol. The molecule has 2 aromatic carbocycles. The van der Waals surface area contributed by atoms with Crippen molar-refractivity contribution in [3.05, 3.63) is 65.0 Å². The molecule has 1 aliphatic rings. The number of aromatic amines is 2. The average Bonchev–Trinajstić information content (AvgIpc) is 3.33. The lowest BCUT2D eigenvalue weighted by Gasteiger charge is -2.15. The van der Waals surface area contributed by atoms with Crippen molar-refractivity contribution in [1.29, 1.82) is 0 Å². The van der Waals surface area contributed by atoms with Crippen molar-refractivity contribution in [2.45, 2.75) is 17.4 Å². The van der Waals surface area contributed by atoms with Crippen molar-refractivity contribution >= 4 is 31.8 Å². The van der Waals surface area contributed by atoms with Gasteiger partial charge in [0.1, 0.15) is 0 Å². The molecule has 0 bridgehead atoms. The van der Waals surface area contributed by atoms with E-state index in [1.165, 1.54) is 4.31 Å². The monoisotopic (exact) mass is 408 g/mol. The van der Waals surface area contributed by atoms with Crippen molar-refractivity contribution in [2.75, 3.05) is 13.1 Å². The van der Waals surface area contributed by atoms with Crippen LogP contribution in [0.3, 0.4) is 0 Å². The molecular weight excluding hydrogens is 388 g/mol. The number of pyridine rings is 1. The molecule has 4 N–H and O–H groups in total. The fourth-order valence-corrected chi connectivity index (χ4v) is 5.43. The van der Waals surface area contributed by atoms with Gasteiger partial charge in [-0.2, -0.15) is 4.31 Å². The molecule has 3 heterocycles. The number of nitrogens with two attached hydrogens (primary N) is 1. The molecule has 0 saturated carbocycles. The van der Waals surface area contributed by atoms with Gasteiger partial charge in [0.25, 0.3) is 5.56 Å². The van der Waals surface area contributed by atoms with E-state index in [-0.39, 0.29) is 16.5 Å². The van der Waals surface area contributed by atoms with Crippen LogP contribution in [-0.4, -0.2) is 41.8 Å². The summed E-state index contributed by atoms with van der Waals surface area (Å²) >= 11 is 0. The average molecular weight is 408 g/mol. The molecule has 0 amide bonds.